The third kappa shape index (κ3) is 4.67. The Bertz CT molecular complexity index is 1350. The molecule has 2 N–H and O–H groups in total. The normalized spacial score (nSPS) is 11.4. The van der Waals surface area contributed by atoms with E-state index >= 15 is 0 Å². The molecule has 0 unspecified atom stereocenters. The van der Waals surface area contributed by atoms with Crippen molar-refractivity contribution in [2.24, 2.45) is 5.92 Å². The second-order valence-electron chi connectivity index (χ2n) is 9.32. The van der Waals surface area contributed by atoms with E-state index in [1.54, 1.807) is 12.4 Å². The number of aromatic carboxylic acids is 1. The number of benzene rings is 2. The van der Waals surface area contributed by atoms with Crippen LogP contribution in [0.3, 0.4) is 0 Å². The van der Waals surface area contributed by atoms with Gasteiger partial charge < -0.3 is 15.0 Å². The summed E-state index contributed by atoms with van der Waals surface area (Å²) in [4.78, 5) is 20.5. The Kier molecular flexibility index (Phi) is 6.68. The van der Waals surface area contributed by atoms with Crippen LogP contribution in [-0.2, 0) is 13.0 Å². The van der Waals surface area contributed by atoms with Crippen LogP contribution in [0.5, 0.6) is 0 Å². The van der Waals surface area contributed by atoms with E-state index in [1.165, 1.54) is 27.7 Å². The van der Waals surface area contributed by atoms with Gasteiger partial charge in [-0.1, -0.05) is 32.0 Å². The van der Waals surface area contributed by atoms with Crippen molar-refractivity contribution in [3.05, 3.63) is 76.7 Å². The Balaban J connectivity index is 1.53. The number of rotatable bonds is 8. The van der Waals surface area contributed by atoms with Crippen LogP contribution < -0.4 is 5.32 Å². The maximum atomic E-state index is 11.6. The van der Waals surface area contributed by atoms with Crippen molar-refractivity contribution in [3.8, 4) is 11.3 Å². The van der Waals surface area contributed by atoms with E-state index in [9.17, 15) is 9.90 Å². The van der Waals surface area contributed by atoms with Crippen LogP contribution in [0.15, 0.2) is 48.8 Å². The molecule has 0 atom stereocenters. The summed E-state index contributed by atoms with van der Waals surface area (Å²) in [5.74, 6) is 0.210. The monoisotopic (exact) mass is 456 g/mol. The first-order valence-corrected chi connectivity index (χ1v) is 11.7. The largest absolute Gasteiger partial charge is 0.478 e. The molecule has 0 aliphatic carbocycles. The van der Waals surface area contributed by atoms with Gasteiger partial charge in [-0.25, -0.2) is 14.8 Å². The van der Waals surface area contributed by atoms with Crippen LogP contribution in [-0.4, -0.2) is 32.2 Å². The SMILES string of the molecule is Cc1cccc2c1c(C)c(C)n2CCNc1cc(-c2ccc(C(=O)O)c(CC(C)C)c2)ncn1. The zero-order valence-electron chi connectivity index (χ0n) is 20.5. The molecule has 0 amide bonds. The van der Waals surface area contributed by atoms with Gasteiger partial charge in [0.05, 0.1) is 11.3 Å². The molecule has 0 saturated carbocycles. The number of aryl methyl sites for hydroxylation is 2. The summed E-state index contributed by atoms with van der Waals surface area (Å²) in [6, 6.07) is 13.8. The van der Waals surface area contributed by atoms with Gasteiger partial charge in [-0.15, -0.1) is 0 Å². The van der Waals surface area contributed by atoms with Gasteiger partial charge in [-0.05, 0) is 68.0 Å². The fourth-order valence-corrected chi connectivity index (χ4v) is 4.70. The summed E-state index contributed by atoms with van der Waals surface area (Å²) < 4.78 is 2.36. The summed E-state index contributed by atoms with van der Waals surface area (Å²) in [6.07, 6.45) is 2.25. The van der Waals surface area contributed by atoms with Crippen LogP contribution in [0.25, 0.3) is 22.2 Å². The number of nitrogens with one attached hydrogen (secondary N) is 1. The van der Waals surface area contributed by atoms with E-state index in [-0.39, 0.29) is 0 Å². The highest BCUT2D eigenvalue weighted by Crippen LogP contribution is 2.28. The minimum Gasteiger partial charge on any atom is -0.478 e. The number of carboxylic acid groups (broad SMARTS) is 1. The number of anilines is 1. The lowest BCUT2D eigenvalue weighted by molar-refractivity contribution is 0.0695. The molecule has 0 saturated heterocycles. The first kappa shape index (κ1) is 23.5. The van der Waals surface area contributed by atoms with E-state index in [0.29, 0.717) is 17.9 Å². The Morgan fingerprint density at radius 3 is 2.62 bits per heavy atom. The summed E-state index contributed by atoms with van der Waals surface area (Å²) >= 11 is 0. The van der Waals surface area contributed by atoms with Crippen molar-refractivity contribution >= 4 is 22.7 Å². The minimum atomic E-state index is -0.898. The van der Waals surface area contributed by atoms with Gasteiger partial charge in [0.25, 0.3) is 0 Å². The number of nitrogens with zero attached hydrogens (tertiary/aromatic N) is 3. The second kappa shape index (κ2) is 9.67. The Labute approximate surface area is 200 Å². The molecule has 34 heavy (non-hydrogen) atoms. The van der Waals surface area contributed by atoms with Crippen molar-refractivity contribution in [1.29, 1.82) is 0 Å². The summed E-state index contributed by atoms with van der Waals surface area (Å²) in [7, 11) is 0. The van der Waals surface area contributed by atoms with E-state index in [2.05, 4.69) is 72.7 Å². The Morgan fingerprint density at radius 2 is 1.88 bits per heavy atom. The number of hydrogen-bond acceptors (Lipinski definition) is 4. The molecule has 0 radical (unpaired) electrons. The fourth-order valence-electron chi connectivity index (χ4n) is 4.70. The predicted octanol–water partition coefficient (Wildman–Crippen LogP) is 6.03. The Morgan fingerprint density at radius 1 is 1.09 bits per heavy atom. The van der Waals surface area contributed by atoms with Crippen LogP contribution >= 0.6 is 0 Å². The quantitative estimate of drug-likeness (QED) is 0.338. The number of carbonyl (C=O) groups is 1. The van der Waals surface area contributed by atoms with Crippen molar-refractivity contribution in [3.63, 3.8) is 0 Å². The Hall–Kier alpha value is -3.67. The molecular formula is C28H32N4O2. The van der Waals surface area contributed by atoms with Gasteiger partial charge in [-0.3, -0.25) is 0 Å². The highest BCUT2D eigenvalue weighted by molar-refractivity contribution is 5.90. The first-order chi connectivity index (χ1) is 16.3. The summed E-state index contributed by atoms with van der Waals surface area (Å²) in [5.41, 5.74) is 8.02. The number of aromatic nitrogens is 3. The molecule has 0 aliphatic rings. The lowest BCUT2D eigenvalue weighted by Crippen LogP contribution is -2.12. The van der Waals surface area contributed by atoms with Gasteiger partial charge in [0.15, 0.2) is 0 Å². The molecule has 4 aromatic rings. The van der Waals surface area contributed by atoms with Crippen LogP contribution in [0.2, 0.25) is 0 Å². The highest BCUT2D eigenvalue weighted by atomic mass is 16.4. The van der Waals surface area contributed by atoms with E-state index in [0.717, 1.165) is 35.7 Å². The number of fused-ring (bicyclic) bond motifs is 1. The smallest absolute Gasteiger partial charge is 0.335 e. The highest BCUT2D eigenvalue weighted by Gasteiger charge is 2.14. The van der Waals surface area contributed by atoms with E-state index < -0.39 is 5.97 Å². The first-order valence-electron chi connectivity index (χ1n) is 11.7. The van der Waals surface area contributed by atoms with Gasteiger partial charge in [0.1, 0.15) is 12.1 Å². The number of carboxylic acids is 1. The molecular weight excluding hydrogens is 424 g/mol. The van der Waals surface area contributed by atoms with Crippen molar-refractivity contribution in [2.45, 2.75) is 47.6 Å². The van der Waals surface area contributed by atoms with E-state index in [1.807, 2.05) is 18.2 Å². The second-order valence-corrected chi connectivity index (χ2v) is 9.32. The zero-order valence-corrected chi connectivity index (χ0v) is 20.5. The third-order valence-corrected chi connectivity index (χ3v) is 6.43. The average molecular weight is 457 g/mol. The standard InChI is InChI=1S/C28H32N4O2/c1-17(2)13-22-14-21(9-10-23(22)28(33)34)24-15-26(31-16-30-24)29-11-12-32-20(5)19(4)27-18(3)7-6-8-25(27)32/h6-10,14-17H,11-13H2,1-5H3,(H,33,34)(H,29,30,31). The van der Waals surface area contributed by atoms with Crippen LogP contribution in [0, 0.1) is 26.7 Å². The van der Waals surface area contributed by atoms with Crippen molar-refractivity contribution < 1.29 is 9.90 Å². The minimum absolute atomic E-state index is 0.352. The molecule has 176 valence electrons. The van der Waals surface area contributed by atoms with Gasteiger partial charge >= 0.3 is 5.97 Å². The molecule has 0 bridgehead atoms. The maximum Gasteiger partial charge on any atom is 0.335 e. The molecule has 0 spiro atoms. The molecule has 2 aromatic heterocycles. The average Bonchev–Trinajstić information content (AvgIpc) is 3.04. The lowest BCUT2D eigenvalue weighted by atomic mass is 9.95. The third-order valence-electron chi connectivity index (χ3n) is 6.43. The van der Waals surface area contributed by atoms with Crippen LogP contribution in [0.4, 0.5) is 5.82 Å². The van der Waals surface area contributed by atoms with Crippen molar-refractivity contribution in [2.75, 3.05) is 11.9 Å². The fraction of sp³-hybridized carbons (Fsp3) is 0.321. The van der Waals surface area contributed by atoms with Gasteiger partial charge in [0.2, 0.25) is 0 Å². The maximum absolute atomic E-state index is 11.6. The zero-order chi connectivity index (χ0) is 24.4. The molecule has 2 aromatic carbocycles. The predicted molar refractivity (Wildman–Crippen MR) is 138 cm³/mol. The van der Waals surface area contributed by atoms with E-state index in [4.69, 9.17) is 0 Å². The topological polar surface area (TPSA) is 80.0 Å². The molecule has 6 heteroatoms. The number of hydrogen-bond donors (Lipinski definition) is 2. The molecule has 6 nitrogen and oxygen atoms in total. The molecule has 2 heterocycles. The van der Waals surface area contributed by atoms with Crippen LogP contribution in [0.1, 0.15) is 46.6 Å². The molecule has 0 aliphatic heterocycles. The molecule has 4 rings (SSSR count). The van der Waals surface area contributed by atoms with Gasteiger partial charge in [0, 0.05) is 41.3 Å². The van der Waals surface area contributed by atoms with Crippen molar-refractivity contribution in [1.82, 2.24) is 14.5 Å². The summed E-state index contributed by atoms with van der Waals surface area (Å²) in [5, 5.41) is 14.3. The summed E-state index contributed by atoms with van der Waals surface area (Å²) in [6.45, 7) is 12.2. The molecule has 0 fully saturated rings. The lowest BCUT2D eigenvalue weighted by Gasteiger charge is -2.13. The van der Waals surface area contributed by atoms with Gasteiger partial charge in [-0.2, -0.15) is 0 Å².